The molecule has 0 radical (unpaired) electrons. The summed E-state index contributed by atoms with van der Waals surface area (Å²) < 4.78 is 34.3. The molecule has 0 fully saturated rings. The number of phosphoric ester groups is 1. The molecule has 0 aromatic rings. The fourth-order valence-electron chi connectivity index (χ4n) is 6.87. The molecule has 0 saturated heterocycles. The quantitative estimate of drug-likeness (QED) is 0.0212. The summed E-state index contributed by atoms with van der Waals surface area (Å²) in [5, 5.41) is 0. The Bertz CT molecular complexity index is 1250. The van der Waals surface area contributed by atoms with Gasteiger partial charge in [0.15, 0.2) is 6.10 Å². The van der Waals surface area contributed by atoms with Gasteiger partial charge in [-0.15, -0.1) is 0 Å². The van der Waals surface area contributed by atoms with Gasteiger partial charge in [0, 0.05) is 12.8 Å². The molecule has 0 heterocycles. The van der Waals surface area contributed by atoms with E-state index in [0.29, 0.717) is 17.4 Å². The Morgan fingerprint density at radius 1 is 0.508 bits per heavy atom. The Morgan fingerprint density at radius 2 is 0.905 bits per heavy atom. The summed E-state index contributed by atoms with van der Waals surface area (Å²) in [5.41, 5.74) is 0. The van der Waals surface area contributed by atoms with Gasteiger partial charge < -0.3 is 18.9 Å². The van der Waals surface area contributed by atoms with E-state index >= 15 is 0 Å². The van der Waals surface area contributed by atoms with Crippen molar-refractivity contribution in [1.82, 2.24) is 0 Å². The minimum Gasteiger partial charge on any atom is -0.462 e. The first-order chi connectivity index (χ1) is 30.5. The van der Waals surface area contributed by atoms with E-state index in [9.17, 15) is 19.0 Å². The molecule has 0 aromatic carbocycles. The number of hydrogen-bond acceptors (Lipinski definition) is 7. The second-order valence-electron chi connectivity index (χ2n) is 18.2. The van der Waals surface area contributed by atoms with Crippen LogP contribution in [0.15, 0.2) is 60.8 Å². The number of carbonyl (C=O) groups is 2. The molecule has 2 atom stereocenters. The Hall–Kier alpha value is -2.29. The predicted molar refractivity (Wildman–Crippen MR) is 266 cm³/mol. The summed E-state index contributed by atoms with van der Waals surface area (Å²) in [6, 6.07) is 0. The third-order valence-corrected chi connectivity index (χ3v) is 11.8. The van der Waals surface area contributed by atoms with Gasteiger partial charge >= 0.3 is 19.8 Å². The van der Waals surface area contributed by atoms with Crippen molar-refractivity contribution in [3.63, 3.8) is 0 Å². The van der Waals surface area contributed by atoms with Gasteiger partial charge in [0.05, 0.1) is 27.7 Å². The zero-order valence-corrected chi connectivity index (χ0v) is 42.2. The average molecular weight is 907 g/mol. The number of esters is 2. The molecule has 63 heavy (non-hydrogen) atoms. The molecule has 366 valence electrons. The van der Waals surface area contributed by atoms with Crippen molar-refractivity contribution in [3.05, 3.63) is 60.8 Å². The number of nitrogens with zero attached hydrogens (tertiary/aromatic N) is 1. The lowest BCUT2D eigenvalue weighted by Gasteiger charge is -2.24. The molecule has 9 nitrogen and oxygen atoms in total. The van der Waals surface area contributed by atoms with Crippen molar-refractivity contribution in [2.24, 2.45) is 0 Å². The van der Waals surface area contributed by atoms with Crippen molar-refractivity contribution < 1.29 is 42.1 Å². The fraction of sp³-hybridized carbons (Fsp3) is 0.774. The molecule has 0 saturated carbocycles. The van der Waals surface area contributed by atoms with Crippen LogP contribution in [0.4, 0.5) is 0 Å². The average Bonchev–Trinajstić information content (AvgIpc) is 3.24. The first kappa shape index (κ1) is 60.7. The number of phosphoric acid groups is 1. The first-order valence-corrected chi connectivity index (χ1v) is 27.0. The SMILES string of the molecule is CC/C=C\C/C=C\C/C=C\C/C=C\C/C=C\CCCCCCCCCCCCCCCCCC(=O)OC(COC(=O)CCCCCCCCCC)COP(=O)(O)OCC[N+](C)(C)C. The Morgan fingerprint density at radius 3 is 1.35 bits per heavy atom. The van der Waals surface area contributed by atoms with Crippen LogP contribution in [0.25, 0.3) is 0 Å². The summed E-state index contributed by atoms with van der Waals surface area (Å²) >= 11 is 0. The van der Waals surface area contributed by atoms with Crippen molar-refractivity contribution in [2.45, 2.75) is 219 Å². The minimum atomic E-state index is -4.37. The van der Waals surface area contributed by atoms with E-state index in [-0.39, 0.29) is 32.0 Å². The summed E-state index contributed by atoms with van der Waals surface area (Å²) in [6.45, 7) is 4.28. The highest BCUT2D eigenvalue weighted by Gasteiger charge is 2.27. The van der Waals surface area contributed by atoms with Gasteiger partial charge in [-0.1, -0.05) is 203 Å². The molecule has 0 amide bonds. The number of quaternary nitrogens is 1. The van der Waals surface area contributed by atoms with Crippen molar-refractivity contribution >= 4 is 19.8 Å². The third kappa shape index (κ3) is 49.0. The molecule has 0 aliphatic heterocycles. The highest BCUT2D eigenvalue weighted by Crippen LogP contribution is 2.43. The molecule has 1 N–H and O–H groups in total. The molecule has 0 rings (SSSR count). The summed E-state index contributed by atoms with van der Waals surface area (Å²) in [5.74, 6) is -0.800. The highest BCUT2D eigenvalue weighted by atomic mass is 31.2. The van der Waals surface area contributed by atoms with Crippen LogP contribution in [-0.2, 0) is 32.7 Å². The minimum absolute atomic E-state index is 0.0317. The van der Waals surface area contributed by atoms with Crippen LogP contribution in [0.2, 0.25) is 0 Å². The number of likely N-dealkylation sites (N-methyl/N-ethyl adjacent to an activating group) is 1. The van der Waals surface area contributed by atoms with E-state index in [1.807, 2.05) is 21.1 Å². The Balaban J connectivity index is 4.01. The summed E-state index contributed by atoms with van der Waals surface area (Å²) in [7, 11) is 1.48. The van der Waals surface area contributed by atoms with Gasteiger partial charge in [-0.05, 0) is 57.8 Å². The van der Waals surface area contributed by atoms with E-state index < -0.39 is 26.5 Å². The van der Waals surface area contributed by atoms with Crippen LogP contribution in [-0.4, -0.2) is 74.9 Å². The van der Waals surface area contributed by atoms with Crippen LogP contribution in [0.5, 0.6) is 0 Å². The molecule has 2 unspecified atom stereocenters. The van der Waals surface area contributed by atoms with Gasteiger partial charge in [0.25, 0.3) is 0 Å². The van der Waals surface area contributed by atoms with E-state index in [0.717, 1.165) is 64.2 Å². The van der Waals surface area contributed by atoms with E-state index in [2.05, 4.69) is 74.6 Å². The molecule has 0 aliphatic carbocycles. The van der Waals surface area contributed by atoms with Crippen LogP contribution in [0.1, 0.15) is 213 Å². The molecule has 0 spiro atoms. The smallest absolute Gasteiger partial charge is 0.462 e. The number of carbonyl (C=O) groups excluding carboxylic acids is 2. The van der Waals surface area contributed by atoms with Gasteiger partial charge in [0.1, 0.15) is 19.8 Å². The number of unbranched alkanes of at least 4 members (excludes halogenated alkanes) is 22. The van der Waals surface area contributed by atoms with Gasteiger partial charge in [-0.3, -0.25) is 18.6 Å². The maximum Gasteiger partial charge on any atom is 0.472 e. The van der Waals surface area contributed by atoms with E-state index in [1.165, 1.54) is 116 Å². The second-order valence-corrected chi connectivity index (χ2v) is 19.6. The number of allylic oxidation sites excluding steroid dienone is 10. The second kappa shape index (κ2) is 44.9. The first-order valence-electron chi connectivity index (χ1n) is 25.5. The normalized spacial score (nSPS) is 13.9. The number of ether oxygens (including phenoxy) is 2. The molecule has 0 bridgehead atoms. The van der Waals surface area contributed by atoms with E-state index in [4.69, 9.17) is 18.5 Å². The molecule has 0 aromatic heterocycles. The van der Waals surface area contributed by atoms with Gasteiger partial charge in [-0.25, -0.2) is 4.57 Å². The summed E-state index contributed by atoms with van der Waals surface area (Å²) in [6.07, 6.45) is 55.9. The van der Waals surface area contributed by atoms with Crippen molar-refractivity contribution in [1.29, 1.82) is 0 Å². The van der Waals surface area contributed by atoms with Gasteiger partial charge in [-0.2, -0.15) is 0 Å². The molecule has 10 heteroatoms. The van der Waals surface area contributed by atoms with E-state index in [1.54, 1.807) is 0 Å². The fourth-order valence-corrected chi connectivity index (χ4v) is 7.61. The molecular weight excluding hydrogens is 810 g/mol. The lowest BCUT2D eigenvalue weighted by molar-refractivity contribution is -0.870. The molecular formula is C53H97NO8P+. The zero-order valence-electron chi connectivity index (χ0n) is 41.3. The Kier molecular flexibility index (Phi) is 43.3. The van der Waals surface area contributed by atoms with Crippen molar-refractivity contribution in [3.8, 4) is 0 Å². The Labute approximate surface area is 387 Å². The number of rotatable bonds is 46. The topological polar surface area (TPSA) is 108 Å². The van der Waals surface area contributed by atoms with Crippen molar-refractivity contribution in [2.75, 3.05) is 47.5 Å². The lowest BCUT2D eigenvalue weighted by atomic mass is 10.0. The maximum atomic E-state index is 12.7. The lowest BCUT2D eigenvalue weighted by Crippen LogP contribution is -2.37. The number of hydrogen-bond donors (Lipinski definition) is 1. The van der Waals surface area contributed by atoms with Crippen LogP contribution < -0.4 is 0 Å². The van der Waals surface area contributed by atoms with Crippen LogP contribution in [0.3, 0.4) is 0 Å². The predicted octanol–water partition coefficient (Wildman–Crippen LogP) is 15.2. The highest BCUT2D eigenvalue weighted by molar-refractivity contribution is 7.47. The van der Waals surface area contributed by atoms with Crippen LogP contribution >= 0.6 is 7.82 Å². The monoisotopic (exact) mass is 907 g/mol. The van der Waals surface area contributed by atoms with Crippen LogP contribution in [0, 0.1) is 0 Å². The summed E-state index contributed by atoms with van der Waals surface area (Å²) in [4.78, 5) is 35.3. The third-order valence-electron chi connectivity index (χ3n) is 10.8. The largest absolute Gasteiger partial charge is 0.472 e. The standard InChI is InChI=1S/C53H96NO8P/c1-6-8-10-12-14-16-17-18-19-20-21-22-23-24-25-26-27-28-29-30-31-32-33-34-35-36-37-38-40-42-44-46-53(56)62-51(50-61-63(57,58)60-48-47-54(3,4)5)49-59-52(55)45-43-41-39-15-13-11-9-7-2/h8,10,14,16,18-19,21-22,24-25,51H,6-7,9,11-13,15,17,20,23,26-50H2,1-5H3/p+1/b10-8-,16-14-,19-18-,22-21-,25-24-. The zero-order chi connectivity index (χ0) is 46.4. The molecule has 0 aliphatic rings. The maximum absolute atomic E-state index is 12.7. The van der Waals surface area contributed by atoms with Gasteiger partial charge in [0.2, 0.25) is 0 Å².